The lowest BCUT2D eigenvalue weighted by Gasteiger charge is -2.34. The van der Waals surface area contributed by atoms with Crippen molar-refractivity contribution in [3.05, 3.63) is 83.9 Å². The second-order valence-electron chi connectivity index (χ2n) is 9.88. The Labute approximate surface area is 249 Å². The average Bonchev–Trinajstić information content (AvgIpc) is 3.00. The Morgan fingerprint density at radius 3 is 2.24 bits per heavy atom. The number of carbonyl (C=O) groups is 2. The van der Waals surface area contributed by atoms with Crippen LogP contribution in [0.5, 0.6) is 11.5 Å². The number of hydrogen-bond acceptors (Lipinski definition) is 6. The van der Waals surface area contributed by atoms with Crippen LogP contribution in [0, 0.1) is 6.92 Å². The van der Waals surface area contributed by atoms with Gasteiger partial charge < -0.3 is 19.7 Å². The predicted molar refractivity (Wildman–Crippen MR) is 164 cm³/mol. The van der Waals surface area contributed by atoms with Gasteiger partial charge in [-0.15, -0.1) is 0 Å². The fourth-order valence-corrected chi connectivity index (χ4v) is 6.06. The summed E-state index contributed by atoms with van der Waals surface area (Å²) in [5.74, 6) is -0.160. The van der Waals surface area contributed by atoms with Crippen LogP contribution in [0.25, 0.3) is 0 Å². The number of benzene rings is 3. The van der Waals surface area contributed by atoms with E-state index in [1.807, 2.05) is 45.0 Å². The Hall–Kier alpha value is -4.05. The van der Waals surface area contributed by atoms with Gasteiger partial charge in [-0.2, -0.15) is 0 Å². The van der Waals surface area contributed by atoms with E-state index in [0.29, 0.717) is 18.7 Å². The second kappa shape index (κ2) is 15.3. The molecule has 0 bridgehead atoms. The number of rotatable bonds is 15. The molecule has 10 heteroatoms. The van der Waals surface area contributed by atoms with Crippen molar-refractivity contribution in [2.45, 2.75) is 57.5 Å². The normalized spacial score (nSPS) is 11.8. The smallest absolute Gasteiger partial charge is 0.264 e. The number of ether oxygens (including phenoxy) is 2. The van der Waals surface area contributed by atoms with E-state index in [4.69, 9.17) is 9.47 Å². The van der Waals surface area contributed by atoms with E-state index in [1.165, 1.54) is 37.3 Å². The van der Waals surface area contributed by atoms with Crippen LogP contribution in [-0.4, -0.2) is 58.5 Å². The van der Waals surface area contributed by atoms with E-state index < -0.39 is 28.5 Å². The van der Waals surface area contributed by atoms with E-state index in [1.54, 1.807) is 30.3 Å². The molecule has 1 atom stereocenters. The lowest BCUT2D eigenvalue weighted by atomic mass is 10.1. The summed E-state index contributed by atoms with van der Waals surface area (Å²) < 4.78 is 40.1. The van der Waals surface area contributed by atoms with Crippen LogP contribution < -0.4 is 19.1 Å². The lowest BCUT2D eigenvalue weighted by Crippen LogP contribution is -2.52. The topological polar surface area (TPSA) is 105 Å². The lowest BCUT2D eigenvalue weighted by molar-refractivity contribution is -0.140. The molecule has 0 aliphatic rings. The largest absolute Gasteiger partial charge is 0.497 e. The van der Waals surface area contributed by atoms with Crippen LogP contribution in [0.1, 0.15) is 44.2 Å². The number of aryl methyl sites for hydroxylation is 1. The minimum absolute atomic E-state index is 0.0116. The van der Waals surface area contributed by atoms with Crippen LogP contribution in [0.4, 0.5) is 5.69 Å². The molecule has 1 N–H and O–H groups in total. The van der Waals surface area contributed by atoms with Crippen LogP contribution in [0.2, 0.25) is 0 Å². The number of unbranched alkanes of at least 4 members (excludes halogenated alkanes) is 1. The molecule has 0 unspecified atom stereocenters. The molecule has 42 heavy (non-hydrogen) atoms. The summed E-state index contributed by atoms with van der Waals surface area (Å²) >= 11 is 0. The fraction of sp³-hybridized carbons (Fsp3) is 0.375. The third-order valence-corrected chi connectivity index (χ3v) is 8.86. The number of sulfonamides is 1. The molecular formula is C32H41N3O6S. The molecule has 0 radical (unpaired) electrons. The molecule has 0 heterocycles. The number of nitrogens with zero attached hydrogens (tertiary/aromatic N) is 2. The number of nitrogens with one attached hydrogen (secondary N) is 1. The quantitative estimate of drug-likeness (QED) is 0.250. The first kappa shape index (κ1) is 32.5. The zero-order valence-corrected chi connectivity index (χ0v) is 25.8. The summed E-state index contributed by atoms with van der Waals surface area (Å²) in [7, 11) is -1.34. The highest BCUT2D eigenvalue weighted by atomic mass is 32.2. The van der Waals surface area contributed by atoms with Gasteiger partial charge in [-0.3, -0.25) is 13.9 Å². The first-order valence-corrected chi connectivity index (χ1v) is 15.5. The SMILES string of the molecule is CCCCNC(=O)[C@H](CC)N(Cc1ccccc1C)C(=O)CN(c1cc(OC)ccc1OC)S(=O)(=O)c1ccccc1. The summed E-state index contributed by atoms with van der Waals surface area (Å²) in [5.41, 5.74) is 1.96. The van der Waals surface area contributed by atoms with Crippen molar-refractivity contribution in [3.8, 4) is 11.5 Å². The molecule has 0 fully saturated rings. The van der Waals surface area contributed by atoms with Gasteiger partial charge >= 0.3 is 0 Å². The molecule has 0 saturated heterocycles. The van der Waals surface area contributed by atoms with Gasteiger partial charge in [-0.1, -0.05) is 62.7 Å². The van der Waals surface area contributed by atoms with Gasteiger partial charge in [-0.05, 0) is 55.2 Å². The number of hydrogen-bond donors (Lipinski definition) is 1. The maximum Gasteiger partial charge on any atom is 0.264 e. The van der Waals surface area contributed by atoms with Crippen LogP contribution >= 0.6 is 0 Å². The molecular weight excluding hydrogens is 554 g/mol. The predicted octanol–water partition coefficient (Wildman–Crippen LogP) is 4.93. The maximum atomic E-state index is 14.3. The first-order valence-electron chi connectivity index (χ1n) is 14.1. The standard InChI is InChI=1S/C32H41N3O6S/c1-6-8-20-33-32(37)28(7-2)34(22-25-15-13-12-14-24(25)3)31(36)23-35(42(38,39)27-16-10-9-11-17-27)29-21-26(40-4)18-19-30(29)41-5/h9-19,21,28H,6-8,20,22-23H2,1-5H3,(H,33,37)/t28-/m0/s1. The van der Waals surface area contributed by atoms with Crippen LogP contribution in [-0.2, 0) is 26.2 Å². The maximum absolute atomic E-state index is 14.3. The Bertz CT molecular complexity index is 1450. The van der Waals surface area contributed by atoms with Gasteiger partial charge in [0.2, 0.25) is 11.8 Å². The van der Waals surface area contributed by atoms with Crippen molar-refractivity contribution < 1.29 is 27.5 Å². The van der Waals surface area contributed by atoms with E-state index >= 15 is 0 Å². The summed E-state index contributed by atoms with van der Waals surface area (Å²) in [6.07, 6.45) is 2.08. The summed E-state index contributed by atoms with van der Waals surface area (Å²) in [4.78, 5) is 29.1. The highest BCUT2D eigenvalue weighted by molar-refractivity contribution is 7.92. The fourth-order valence-electron chi connectivity index (χ4n) is 4.62. The van der Waals surface area contributed by atoms with E-state index in [0.717, 1.165) is 28.3 Å². The molecule has 0 aliphatic heterocycles. The van der Waals surface area contributed by atoms with E-state index in [2.05, 4.69) is 5.32 Å². The molecule has 3 rings (SSSR count). The van der Waals surface area contributed by atoms with Crippen molar-refractivity contribution in [3.63, 3.8) is 0 Å². The number of methoxy groups -OCH3 is 2. The van der Waals surface area contributed by atoms with Gasteiger partial charge in [0, 0.05) is 19.2 Å². The zero-order valence-electron chi connectivity index (χ0n) is 25.0. The highest BCUT2D eigenvalue weighted by Crippen LogP contribution is 2.36. The molecule has 226 valence electrons. The van der Waals surface area contributed by atoms with Crippen molar-refractivity contribution >= 4 is 27.5 Å². The molecule has 0 aromatic heterocycles. The Kier molecular flexibility index (Phi) is 11.8. The van der Waals surface area contributed by atoms with Gasteiger partial charge in [-0.25, -0.2) is 8.42 Å². The van der Waals surface area contributed by atoms with Crippen molar-refractivity contribution in [2.75, 3.05) is 31.6 Å². The van der Waals surface area contributed by atoms with Crippen LogP contribution in [0.3, 0.4) is 0 Å². The van der Waals surface area contributed by atoms with Crippen LogP contribution in [0.15, 0.2) is 77.7 Å². The molecule has 0 saturated carbocycles. The van der Waals surface area contributed by atoms with Gasteiger partial charge in [0.15, 0.2) is 0 Å². The highest BCUT2D eigenvalue weighted by Gasteiger charge is 2.35. The third-order valence-electron chi connectivity index (χ3n) is 7.08. The number of carbonyl (C=O) groups excluding carboxylic acids is 2. The third kappa shape index (κ3) is 7.82. The second-order valence-corrected chi connectivity index (χ2v) is 11.7. The Morgan fingerprint density at radius 2 is 1.62 bits per heavy atom. The molecule has 0 aliphatic carbocycles. The minimum atomic E-state index is -4.24. The van der Waals surface area contributed by atoms with E-state index in [9.17, 15) is 18.0 Å². The van der Waals surface area contributed by atoms with Gasteiger partial charge in [0.25, 0.3) is 10.0 Å². The number of amides is 2. The molecule has 3 aromatic carbocycles. The summed E-state index contributed by atoms with van der Waals surface area (Å²) in [5, 5.41) is 2.94. The average molecular weight is 596 g/mol. The first-order chi connectivity index (χ1) is 20.2. The monoisotopic (exact) mass is 595 g/mol. The molecule has 3 aromatic rings. The number of anilines is 1. The van der Waals surface area contributed by atoms with Crippen molar-refractivity contribution in [2.24, 2.45) is 0 Å². The minimum Gasteiger partial charge on any atom is -0.497 e. The Morgan fingerprint density at radius 1 is 0.929 bits per heavy atom. The van der Waals surface area contributed by atoms with Gasteiger partial charge in [0.1, 0.15) is 24.1 Å². The molecule has 0 spiro atoms. The summed E-state index contributed by atoms with van der Waals surface area (Å²) in [6, 6.07) is 19.5. The molecule has 9 nitrogen and oxygen atoms in total. The zero-order chi connectivity index (χ0) is 30.7. The summed E-state index contributed by atoms with van der Waals surface area (Å²) in [6.45, 7) is 5.88. The Balaban J connectivity index is 2.12. The van der Waals surface area contributed by atoms with Crippen molar-refractivity contribution in [1.29, 1.82) is 0 Å². The van der Waals surface area contributed by atoms with Crippen molar-refractivity contribution in [1.82, 2.24) is 10.2 Å². The van der Waals surface area contributed by atoms with Gasteiger partial charge in [0.05, 0.1) is 24.8 Å². The van der Waals surface area contributed by atoms with E-state index in [-0.39, 0.29) is 28.8 Å². The molecule has 2 amide bonds.